The molecule has 0 saturated heterocycles. The second-order valence-electron chi connectivity index (χ2n) is 3.99. The summed E-state index contributed by atoms with van der Waals surface area (Å²) < 4.78 is 5.32. The van der Waals surface area contributed by atoms with Crippen LogP contribution in [0.15, 0.2) is 0 Å². The highest BCUT2D eigenvalue weighted by Crippen LogP contribution is 2.30. The van der Waals surface area contributed by atoms with E-state index in [0.29, 0.717) is 12.0 Å². The Morgan fingerprint density at radius 3 is 2.33 bits per heavy atom. The molecule has 1 atom stereocenters. The van der Waals surface area contributed by atoms with E-state index in [0.717, 1.165) is 12.5 Å². The maximum Gasteiger partial charge on any atom is 0.0571 e. The first-order valence-electron chi connectivity index (χ1n) is 5.00. The van der Waals surface area contributed by atoms with E-state index >= 15 is 0 Å². The van der Waals surface area contributed by atoms with Crippen molar-refractivity contribution in [3.63, 3.8) is 0 Å². The number of hydrogen-bond donors (Lipinski definition) is 1. The smallest absolute Gasteiger partial charge is 0.0571 e. The second-order valence-corrected chi connectivity index (χ2v) is 3.99. The molecule has 0 aromatic heterocycles. The average molecular weight is 171 g/mol. The fourth-order valence-corrected chi connectivity index (χ4v) is 2.09. The minimum atomic E-state index is 0.520. The standard InChI is InChI=1S/C10H21NO/c1-8(7-11)9-3-5-10(12-2)6-4-9/h8-10H,3-7,11H2,1-2H3. The SMILES string of the molecule is COC1CCC(C(C)CN)CC1. The molecule has 1 unspecified atom stereocenters. The van der Waals surface area contributed by atoms with Crippen molar-refractivity contribution in [3.05, 3.63) is 0 Å². The van der Waals surface area contributed by atoms with Gasteiger partial charge in [-0.2, -0.15) is 0 Å². The van der Waals surface area contributed by atoms with E-state index in [-0.39, 0.29) is 0 Å². The van der Waals surface area contributed by atoms with E-state index in [1.807, 2.05) is 7.11 Å². The third-order valence-corrected chi connectivity index (χ3v) is 3.23. The van der Waals surface area contributed by atoms with Gasteiger partial charge in [-0.3, -0.25) is 0 Å². The van der Waals surface area contributed by atoms with Crippen molar-refractivity contribution in [1.82, 2.24) is 0 Å². The molecule has 0 aromatic rings. The Hall–Kier alpha value is -0.0800. The first kappa shape index (κ1) is 10.0. The van der Waals surface area contributed by atoms with E-state index < -0.39 is 0 Å². The lowest BCUT2D eigenvalue weighted by Crippen LogP contribution is -2.27. The van der Waals surface area contributed by atoms with Gasteiger partial charge in [-0.1, -0.05) is 6.92 Å². The molecule has 0 spiro atoms. The van der Waals surface area contributed by atoms with Crippen LogP contribution in [0.2, 0.25) is 0 Å². The van der Waals surface area contributed by atoms with Crippen LogP contribution >= 0.6 is 0 Å². The topological polar surface area (TPSA) is 35.2 Å². The van der Waals surface area contributed by atoms with Crippen molar-refractivity contribution in [2.45, 2.75) is 38.7 Å². The third kappa shape index (κ3) is 2.46. The molecule has 2 N–H and O–H groups in total. The van der Waals surface area contributed by atoms with Crippen LogP contribution in [-0.2, 0) is 4.74 Å². The van der Waals surface area contributed by atoms with Crippen molar-refractivity contribution in [2.24, 2.45) is 17.6 Å². The first-order valence-corrected chi connectivity index (χ1v) is 5.00. The summed E-state index contributed by atoms with van der Waals surface area (Å²) in [6, 6.07) is 0. The van der Waals surface area contributed by atoms with Gasteiger partial charge in [0.25, 0.3) is 0 Å². The van der Waals surface area contributed by atoms with Crippen LogP contribution in [-0.4, -0.2) is 19.8 Å². The van der Waals surface area contributed by atoms with E-state index in [1.54, 1.807) is 0 Å². The summed E-state index contributed by atoms with van der Waals surface area (Å²) >= 11 is 0. The zero-order valence-corrected chi connectivity index (χ0v) is 8.25. The van der Waals surface area contributed by atoms with Crippen LogP contribution < -0.4 is 5.73 Å². The molecule has 0 bridgehead atoms. The molecule has 12 heavy (non-hydrogen) atoms. The van der Waals surface area contributed by atoms with Gasteiger partial charge in [0.2, 0.25) is 0 Å². The highest BCUT2D eigenvalue weighted by Gasteiger charge is 2.23. The molecule has 1 saturated carbocycles. The Morgan fingerprint density at radius 1 is 1.33 bits per heavy atom. The molecule has 2 heteroatoms. The Morgan fingerprint density at radius 2 is 1.92 bits per heavy atom. The molecule has 0 aliphatic heterocycles. The largest absolute Gasteiger partial charge is 0.381 e. The summed E-state index contributed by atoms with van der Waals surface area (Å²) in [7, 11) is 1.82. The zero-order chi connectivity index (χ0) is 8.97. The fraction of sp³-hybridized carbons (Fsp3) is 1.00. The Balaban J connectivity index is 2.25. The Bertz CT molecular complexity index is 119. The van der Waals surface area contributed by atoms with Gasteiger partial charge in [0.05, 0.1) is 6.10 Å². The van der Waals surface area contributed by atoms with E-state index in [1.165, 1.54) is 25.7 Å². The Labute approximate surface area is 75.5 Å². The molecule has 1 aliphatic rings. The predicted molar refractivity (Wildman–Crippen MR) is 51.0 cm³/mol. The van der Waals surface area contributed by atoms with Gasteiger partial charge >= 0.3 is 0 Å². The maximum absolute atomic E-state index is 5.64. The highest BCUT2D eigenvalue weighted by molar-refractivity contribution is 4.76. The summed E-state index contributed by atoms with van der Waals surface area (Å²) in [5.41, 5.74) is 5.64. The van der Waals surface area contributed by atoms with Gasteiger partial charge in [0, 0.05) is 7.11 Å². The fourth-order valence-electron chi connectivity index (χ4n) is 2.09. The molecule has 0 amide bonds. The van der Waals surface area contributed by atoms with Crippen LogP contribution in [0.5, 0.6) is 0 Å². The van der Waals surface area contributed by atoms with E-state index in [4.69, 9.17) is 10.5 Å². The summed E-state index contributed by atoms with van der Waals surface area (Å²) in [4.78, 5) is 0. The summed E-state index contributed by atoms with van der Waals surface area (Å²) in [6.45, 7) is 3.10. The van der Waals surface area contributed by atoms with E-state index in [2.05, 4.69) is 6.92 Å². The molecule has 2 nitrogen and oxygen atoms in total. The summed E-state index contributed by atoms with van der Waals surface area (Å²) in [5, 5.41) is 0. The van der Waals surface area contributed by atoms with Crippen molar-refractivity contribution in [1.29, 1.82) is 0 Å². The number of hydrogen-bond acceptors (Lipinski definition) is 2. The molecule has 0 radical (unpaired) electrons. The first-order chi connectivity index (χ1) is 5.77. The van der Waals surface area contributed by atoms with Crippen LogP contribution in [0.25, 0.3) is 0 Å². The average Bonchev–Trinajstić information content (AvgIpc) is 2.17. The lowest BCUT2D eigenvalue weighted by molar-refractivity contribution is 0.0487. The minimum absolute atomic E-state index is 0.520. The maximum atomic E-state index is 5.64. The quantitative estimate of drug-likeness (QED) is 0.702. The second kappa shape index (κ2) is 4.83. The molecular formula is C10H21NO. The molecular weight excluding hydrogens is 150 g/mol. The van der Waals surface area contributed by atoms with Crippen LogP contribution in [0, 0.1) is 11.8 Å². The minimum Gasteiger partial charge on any atom is -0.381 e. The van der Waals surface area contributed by atoms with Crippen molar-refractivity contribution < 1.29 is 4.74 Å². The number of nitrogens with two attached hydrogens (primary N) is 1. The number of ether oxygens (including phenoxy) is 1. The van der Waals surface area contributed by atoms with E-state index in [9.17, 15) is 0 Å². The van der Waals surface area contributed by atoms with Gasteiger partial charge in [-0.25, -0.2) is 0 Å². The zero-order valence-electron chi connectivity index (χ0n) is 8.25. The van der Waals surface area contributed by atoms with Gasteiger partial charge in [-0.05, 0) is 44.1 Å². The molecule has 0 aromatic carbocycles. The summed E-state index contributed by atoms with van der Waals surface area (Å²) in [6.07, 6.45) is 5.58. The van der Waals surface area contributed by atoms with Crippen molar-refractivity contribution in [2.75, 3.05) is 13.7 Å². The Kier molecular flexibility index (Phi) is 4.02. The molecule has 0 heterocycles. The lowest BCUT2D eigenvalue weighted by atomic mass is 9.80. The van der Waals surface area contributed by atoms with Crippen LogP contribution in [0.3, 0.4) is 0 Å². The van der Waals surface area contributed by atoms with Gasteiger partial charge in [-0.15, -0.1) is 0 Å². The third-order valence-electron chi connectivity index (χ3n) is 3.23. The summed E-state index contributed by atoms with van der Waals surface area (Å²) in [5.74, 6) is 1.55. The van der Waals surface area contributed by atoms with Gasteiger partial charge in [0.1, 0.15) is 0 Å². The van der Waals surface area contributed by atoms with Crippen molar-refractivity contribution in [3.8, 4) is 0 Å². The van der Waals surface area contributed by atoms with Crippen molar-refractivity contribution >= 4 is 0 Å². The number of rotatable bonds is 3. The van der Waals surface area contributed by atoms with Crippen LogP contribution in [0.1, 0.15) is 32.6 Å². The monoisotopic (exact) mass is 171 g/mol. The van der Waals surface area contributed by atoms with Gasteiger partial charge < -0.3 is 10.5 Å². The number of methoxy groups -OCH3 is 1. The molecule has 72 valence electrons. The molecule has 1 rings (SSSR count). The van der Waals surface area contributed by atoms with Gasteiger partial charge in [0.15, 0.2) is 0 Å². The molecule has 1 aliphatic carbocycles. The predicted octanol–water partition coefficient (Wildman–Crippen LogP) is 1.79. The highest BCUT2D eigenvalue weighted by atomic mass is 16.5. The normalized spacial score (nSPS) is 33.2. The lowest BCUT2D eigenvalue weighted by Gasteiger charge is -2.30. The van der Waals surface area contributed by atoms with Crippen LogP contribution in [0.4, 0.5) is 0 Å². The molecule has 1 fully saturated rings.